The molecule has 1 aromatic rings. The fourth-order valence-corrected chi connectivity index (χ4v) is 2.31. The van der Waals surface area contributed by atoms with Crippen molar-refractivity contribution >= 4 is 5.78 Å². The lowest BCUT2D eigenvalue weighted by molar-refractivity contribution is -0.123. The first-order valence-corrected chi connectivity index (χ1v) is 5.84. The number of hydrogen-bond acceptors (Lipinski definition) is 2. The molecule has 1 aliphatic heterocycles. The maximum Gasteiger partial charge on any atom is 0.153 e. The fraction of sp³-hybridized carbons (Fsp3) is 0.500. The van der Waals surface area contributed by atoms with Crippen molar-refractivity contribution < 1.29 is 4.79 Å². The summed E-state index contributed by atoms with van der Waals surface area (Å²) in [6.45, 7) is 7.92. The molecule has 16 heavy (non-hydrogen) atoms. The van der Waals surface area contributed by atoms with Crippen LogP contribution in [0.1, 0.15) is 31.4 Å². The molecule has 1 fully saturated rings. The number of carbonyl (C=O) groups excluding carboxylic acids is 1. The normalized spacial score (nSPS) is 20.3. The van der Waals surface area contributed by atoms with Crippen LogP contribution in [0.5, 0.6) is 0 Å². The molecule has 0 radical (unpaired) electrons. The molecule has 0 saturated carbocycles. The van der Waals surface area contributed by atoms with Crippen molar-refractivity contribution in [1.82, 2.24) is 4.90 Å². The quantitative estimate of drug-likeness (QED) is 0.758. The summed E-state index contributed by atoms with van der Waals surface area (Å²) in [5.41, 5.74) is 2.28. The van der Waals surface area contributed by atoms with E-state index in [9.17, 15) is 4.79 Å². The lowest BCUT2D eigenvalue weighted by Crippen LogP contribution is -2.42. The molecule has 0 aromatic heterocycles. The monoisotopic (exact) mass is 217 g/mol. The number of ketones is 1. The highest BCUT2D eigenvalue weighted by molar-refractivity contribution is 5.89. The minimum Gasteiger partial charge on any atom is -0.298 e. The van der Waals surface area contributed by atoms with E-state index in [1.54, 1.807) is 0 Å². The number of benzene rings is 1. The van der Waals surface area contributed by atoms with Crippen molar-refractivity contribution in [2.75, 3.05) is 6.54 Å². The van der Waals surface area contributed by atoms with E-state index in [4.69, 9.17) is 0 Å². The van der Waals surface area contributed by atoms with E-state index in [-0.39, 0.29) is 5.54 Å². The molecule has 0 N–H and O–H groups in total. The van der Waals surface area contributed by atoms with Crippen LogP contribution in [-0.2, 0) is 11.3 Å². The molecule has 1 saturated heterocycles. The van der Waals surface area contributed by atoms with Gasteiger partial charge in [-0.25, -0.2) is 0 Å². The highest BCUT2D eigenvalue weighted by atomic mass is 16.1. The maximum atomic E-state index is 11.7. The topological polar surface area (TPSA) is 20.3 Å². The van der Waals surface area contributed by atoms with Crippen LogP contribution < -0.4 is 0 Å². The Kier molecular flexibility index (Phi) is 2.85. The molecular formula is C14H19NO. The second-order valence-electron chi connectivity index (χ2n) is 5.14. The number of likely N-dealkylation sites (tertiary alicyclic amines) is 1. The van der Waals surface area contributed by atoms with Gasteiger partial charge in [0.1, 0.15) is 0 Å². The van der Waals surface area contributed by atoms with Crippen LogP contribution in [0.25, 0.3) is 0 Å². The molecule has 1 aromatic carbocycles. The number of rotatable bonds is 2. The van der Waals surface area contributed by atoms with Gasteiger partial charge in [-0.2, -0.15) is 0 Å². The number of Topliss-reactive ketones (excluding diaryl/α,β-unsaturated/α-hetero) is 1. The number of nitrogens with zero attached hydrogens (tertiary/aromatic N) is 1. The zero-order valence-electron chi connectivity index (χ0n) is 10.3. The molecule has 86 valence electrons. The molecule has 2 heteroatoms. The van der Waals surface area contributed by atoms with E-state index in [1.165, 1.54) is 11.1 Å². The molecule has 0 spiro atoms. The molecule has 1 heterocycles. The Morgan fingerprint density at radius 3 is 2.69 bits per heavy atom. The summed E-state index contributed by atoms with van der Waals surface area (Å²) in [5, 5.41) is 0. The third kappa shape index (κ3) is 2.03. The Labute approximate surface area is 97.3 Å². The van der Waals surface area contributed by atoms with E-state index in [1.807, 2.05) is 13.8 Å². The minimum absolute atomic E-state index is 0.288. The zero-order chi connectivity index (χ0) is 11.8. The lowest BCUT2D eigenvalue weighted by Gasteiger charge is -2.29. The van der Waals surface area contributed by atoms with E-state index >= 15 is 0 Å². The maximum absolute atomic E-state index is 11.7. The summed E-state index contributed by atoms with van der Waals surface area (Å²) in [5.74, 6) is 0.361. The summed E-state index contributed by atoms with van der Waals surface area (Å²) in [7, 11) is 0. The molecule has 0 atom stereocenters. The second-order valence-corrected chi connectivity index (χ2v) is 5.14. The first-order valence-electron chi connectivity index (χ1n) is 5.84. The van der Waals surface area contributed by atoms with Crippen molar-refractivity contribution in [2.45, 2.75) is 39.3 Å². The summed E-state index contributed by atoms with van der Waals surface area (Å²) < 4.78 is 0. The van der Waals surface area contributed by atoms with Crippen LogP contribution in [-0.4, -0.2) is 22.8 Å². The predicted octanol–water partition coefficient (Wildman–Crippen LogP) is 2.55. The standard InChI is InChI=1S/C14H19NO/c1-11-5-4-6-12(9-11)10-15-8-7-13(16)14(15,2)3/h4-6,9H,7-8,10H2,1-3H3. The highest BCUT2D eigenvalue weighted by Gasteiger charge is 2.39. The Hall–Kier alpha value is -1.15. The molecule has 2 rings (SSSR count). The Bertz CT molecular complexity index is 409. The summed E-state index contributed by atoms with van der Waals surface area (Å²) in [6, 6.07) is 8.50. The van der Waals surface area contributed by atoms with Crippen molar-refractivity contribution in [2.24, 2.45) is 0 Å². The van der Waals surface area contributed by atoms with Gasteiger partial charge in [0.25, 0.3) is 0 Å². The molecular weight excluding hydrogens is 198 g/mol. The molecule has 0 bridgehead atoms. The van der Waals surface area contributed by atoms with Gasteiger partial charge in [-0.15, -0.1) is 0 Å². The van der Waals surface area contributed by atoms with Crippen LogP contribution in [0.3, 0.4) is 0 Å². The van der Waals surface area contributed by atoms with Crippen molar-refractivity contribution in [3.63, 3.8) is 0 Å². The van der Waals surface area contributed by atoms with Gasteiger partial charge in [-0.05, 0) is 26.3 Å². The second kappa shape index (κ2) is 4.02. The van der Waals surface area contributed by atoms with Crippen molar-refractivity contribution in [3.05, 3.63) is 35.4 Å². The van der Waals surface area contributed by atoms with E-state index < -0.39 is 0 Å². The first kappa shape index (κ1) is 11.3. The first-order chi connectivity index (χ1) is 7.50. The largest absolute Gasteiger partial charge is 0.298 e. The average molecular weight is 217 g/mol. The average Bonchev–Trinajstić information content (AvgIpc) is 2.45. The van der Waals surface area contributed by atoms with Gasteiger partial charge in [0.05, 0.1) is 5.54 Å². The number of carbonyl (C=O) groups is 1. The van der Waals surface area contributed by atoms with Crippen molar-refractivity contribution in [1.29, 1.82) is 0 Å². The van der Waals surface area contributed by atoms with Crippen LogP contribution in [0.4, 0.5) is 0 Å². The Morgan fingerprint density at radius 1 is 1.38 bits per heavy atom. The molecule has 1 aliphatic rings. The Morgan fingerprint density at radius 2 is 2.12 bits per heavy atom. The Balaban J connectivity index is 2.14. The zero-order valence-corrected chi connectivity index (χ0v) is 10.3. The van der Waals surface area contributed by atoms with Crippen LogP contribution >= 0.6 is 0 Å². The smallest absolute Gasteiger partial charge is 0.153 e. The third-order valence-corrected chi connectivity index (χ3v) is 3.54. The SMILES string of the molecule is Cc1cccc(CN2CCC(=O)C2(C)C)c1. The lowest BCUT2D eigenvalue weighted by atomic mass is 10.00. The molecule has 0 aliphatic carbocycles. The summed E-state index contributed by atoms with van der Waals surface area (Å²) >= 11 is 0. The predicted molar refractivity (Wildman–Crippen MR) is 65.3 cm³/mol. The van der Waals surface area contributed by atoms with Crippen LogP contribution in [0, 0.1) is 6.92 Å². The summed E-state index contributed by atoms with van der Waals surface area (Å²) in [4.78, 5) is 14.0. The minimum atomic E-state index is -0.288. The van der Waals surface area contributed by atoms with E-state index in [2.05, 4.69) is 36.1 Å². The van der Waals surface area contributed by atoms with Gasteiger partial charge in [0.15, 0.2) is 5.78 Å². The third-order valence-electron chi connectivity index (χ3n) is 3.54. The highest BCUT2D eigenvalue weighted by Crippen LogP contribution is 2.26. The number of hydrogen-bond donors (Lipinski definition) is 0. The van der Waals surface area contributed by atoms with Gasteiger partial charge in [0, 0.05) is 19.5 Å². The van der Waals surface area contributed by atoms with E-state index in [0.29, 0.717) is 12.2 Å². The van der Waals surface area contributed by atoms with Gasteiger partial charge in [0.2, 0.25) is 0 Å². The summed E-state index contributed by atoms with van der Waals surface area (Å²) in [6.07, 6.45) is 0.693. The van der Waals surface area contributed by atoms with Crippen LogP contribution in [0.15, 0.2) is 24.3 Å². The number of aryl methyl sites for hydroxylation is 1. The van der Waals surface area contributed by atoms with Gasteiger partial charge < -0.3 is 0 Å². The molecule has 0 amide bonds. The molecule has 2 nitrogen and oxygen atoms in total. The van der Waals surface area contributed by atoms with Crippen LogP contribution in [0.2, 0.25) is 0 Å². The van der Waals surface area contributed by atoms with Crippen molar-refractivity contribution in [3.8, 4) is 0 Å². The fourth-order valence-electron chi connectivity index (χ4n) is 2.31. The van der Waals surface area contributed by atoms with Gasteiger partial charge in [-0.3, -0.25) is 9.69 Å². The van der Waals surface area contributed by atoms with Gasteiger partial charge in [-0.1, -0.05) is 29.8 Å². The van der Waals surface area contributed by atoms with E-state index in [0.717, 1.165) is 13.1 Å². The molecule has 0 unspecified atom stereocenters. The van der Waals surface area contributed by atoms with Gasteiger partial charge >= 0.3 is 0 Å².